The summed E-state index contributed by atoms with van der Waals surface area (Å²) >= 11 is 1.37. The minimum atomic E-state index is -0.0345. The number of rotatable bonds is 4. The van der Waals surface area contributed by atoms with Gasteiger partial charge in [0.05, 0.1) is 6.54 Å². The normalized spacial score (nSPS) is 9.42. The molecule has 1 amide bonds. The van der Waals surface area contributed by atoms with Gasteiger partial charge in [-0.05, 0) is 6.92 Å². The maximum Gasteiger partial charge on any atom is 0.239 e. The van der Waals surface area contributed by atoms with Crippen LogP contribution in [0.25, 0.3) is 0 Å². The Bertz CT molecular complexity index is 236. The summed E-state index contributed by atoms with van der Waals surface area (Å²) in [6.45, 7) is 2.78. The minimum absolute atomic E-state index is 0.0345. The van der Waals surface area contributed by atoms with Crippen LogP contribution in [0.1, 0.15) is 6.92 Å². The largest absolute Gasteiger partial charge is 0.355 e. The Kier molecular flexibility index (Phi) is 3.46. The molecule has 0 fully saturated rings. The maximum absolute atomic E-state index is 10.9. The van der Waals surface area contributed by atoms with Gasteiger partial charge in [-0.1, -0.05) is 11.3 Å². The lowest BCUT2D eigenvalue weighted by Gasteiger charge is -2.01. The predicted molar refractivity (Wildman–Crippen MR) is 47.1 cm³/mol. The summed E-state index contributed by atoms with van der Waals surface area (Å²) in [5.74, 6) is -0.0345. The molecule has 0 saturated heterocycles. The molecule has 0 bridgehead atoms. The number of anilines is 1. The summed E-state index contributed by atoms with van der Waals surface area (Å²) in [6.07, 6.45) is 0. The standard InChI is InChI=1S/C6H10N4OS/c1-2-7-5(11)3-8-6-10-9-4-12-6/h4H,2-3H2,1H3,(H,7,11)(H,8,10). The average molecular weight is 186 g/mol. The highest BCUT2D eigenvalue weighted by Crippen LogP contribution is 2.06. The first kappa shape index (κ1) is 8.92. The van der Waals surface area contributed by atoms with Gasteiger partial charge >= 0.3 is 0 Å². The number of carbonyl (C=O) groups excluding carboxylic acids is 1. The van der Waals surface area contributed by atoms with E-state index >= 15 is 0 Å². The van der Waals surface area contributed by atoms with Gasteiger partial charge in [-0.25, -0.2) is 0 Å². The fraction of sp³-hybridized carbons (Fsp3) is 0.500. The molecule has 0 aliphatic rings. The van der Waals surface area contributed by atoms with Crippen LogP contribution in [0.15, 0.2) is 5.51 Å². The van der Waals surface area contributed by atoms with Crippen LogP contribution in [0.2, 0.25) is 0 Å². The first-order valence-corrected chi connectivity index (χ1v) is 4.47. The Labute approximate surface area is 74.2 Å². The maximum atomic E-state index is 10.9. The number of likely N-dealkylation sites (N-methyl/N-ethyl adjacent to an activating group) is 1. The molecule has 1 rings (SSSR count). The monoisotopic (exact) mass is 186 g/mol. The second-order valence-electron chi connectivity index (χ2n) is 2.05. The van der Waals surface area contributed by atoms with Gasteiger partial charge in [-0.2, -0.15) is 0 Å². The van der Waals surface area contributed by atoms with E-state index in [9.17, 15) is 4.79 Å². The molecular weight excluding hydrogens is 176 g/mol. The fourth-order valence-corrected chi connectivity index (χ4v) is 1.11. The Morgan fingerprint density at radius 1 is 1.75 bits per heavy atom. The van der Waals surface area contributed by atoms with Gasteiger partial charge in [0.2, 0.25) is 11.0 Å². The predicted octanol–water partition coefficient (Wildman–Crippen LogP) is 0.0861. The number of amides is 1. The molecule has 0 spiro atoms. The molecule has 1 heterocycles. The van der Waals surface area contributed by atoms with Crippen LogP contribution in [0, 0.1) is 0 Å². The van der Waals surface area contributed by atoms with Crippen molar-refractivity contribution in [3.63, 3.8) is 0 Å². The van der Waals surface area contributed by atoms with Gasteiger partial charge in [-0.3, -0.25) is 4.79 Å². The molecule has 5 nitrogen and oxygen atoms in total. The summed E-state index contributed by atoms with van der Waals surface area (Å²) in [7, 11) is 0. The molecule has 6 heteroatoms. The number of hydrogen-bond donors (Lipinski definition) is 2. The van der Waals surface area contributed by atoms with E-state index in [1.54, 1.807) is 5.51 Å². The summed E-state index contributed by atoms with van der Waals surface area (Å²) in [5.41, 5.74) is 1.61. The third-order valence-electron chi connectivity index (χ3n) is 1.13. The van der Waals surface area contributed by atoms with E-state index in [1.807, 2.05) is 6.92 Å². The molecule has 1 aromatic heterocycles. The second-order valence-corrected chi connectivity index (χ2v) is 2.88. The molecule has 0 atom stereocenters. The van der Waals surface area contributed by atoms with Crippen LogP contribution in [0.3, 0.4) is 0 Å². The highest BCUT2D eigenvalue weighted by Gasteiger charge is 1.99. The molecule has 0 aliphatic carbocycles. The van der Waals surface area contributed by atoms with Crippen LogP contribution in [0.4, 0.5) is 5.13 Å². The first-order chi connectivity index (χ1) is 5.83. The zero-order valence-corrected chi connectivity index (χ0v) is 7.52. The van der Waals surface area contributed by atoms with Crippen LogP contribution in [0.5, 0.6) is 0 Å². The van der Waals surface area contributed by atoms with E-state index in [0.717, 1.165) is 0 Å². The lowest BCUT2D eigenvalue weighted by Crippen LogP contribution is -2.29. The van der Waals surface area contributed by atoms with E-state index in [1.165, 1.54) is 11.3 Å². The number of nitrogens with zero attached hydrogens (tertiary/aromatic N) is 2. The lowest BCUT2D eigenvalue weighted by atomic mass is 10.5. The van der Waals surface area contributed by atoms with E-state index in [-0.39, 0.29) is 12.5 Å². The minimum Gasteiger partial charge on any atom is -0.355 e. The quantitative estimate of drug-likeness (QED) is 0.699. The summed E-state index contributed by atoms with van der Waals surface area (Å²) in [5, 5.41) is 13.5. The summed E-state index contributed by atoms with van der Waals surface area (Å²) in [4.78, 5) is 10.9. The van der Waals surface area contributed by atoms with Crippen molar-refractivity contribution in [1.82, 2.24) is 15.5 Å². The van der Waals surface area contributed by atoms with Crippen molar-refractivity contribution in [3.8, 4) is 0 Å². The molecular formula is C6H10N4OS. The topological polar surface area (TPSA) is 66.9 Å². The fourth-order valence-electron chi connectivity index (χ4n) is 0.666. The third kappa shape index (κ3) is 2.83. The number of carbonyl (C=O) groups is 1. The van der Waals surface area contributed by atoms with Gasteiger partial charge in [0.15, 0.2) is 0 Å². The van der Waals surface area contributed by atoms with E-state index in [4.69, 9.17) is 0 Å². The van der Waals surface area contributed by atoms with E-state index < -0.39 is 0 Å². The van der Waals surface area contributed by atoms with Gasteiger partial charge in [0, 0.05) is 6.54 Å². The van der Waals surface area contributed by atoms with Crippen LogP contribution >= 0.6 is 11.3 Å². The van der Waals surface area contributed by atoms with Gasteiger partial charge < -0.3 is 10.6 Å². The molecule has 12 heavy (non-hydrogen) atoms. The molecule has 0 aromatic carbocycles. The highest BCUT2D eigenvalue weighted by atomic mass is 32.1. The molecule has 1 aromatic rings. The van der Waals surface area contributed by atoms with Crippen molar-refractivity contribution in [2.75, 3.05) is 18.4 Å². The highest BCUT2D eigenvalue weighted by molar-refractivity contribution is 7.13. The Morgan fingerprint density at radius 2 is 2.58 bits per heavy atom. The zero-order chi connectivity index (χ0) is 8.81. The molecule has 0 aliphatic heterocycles. The van der Waals surface area contributed by atoms with Crippen LogP contribution in [-0.4, -0.2) is 29.2 Å². The average Bonchev–Trinajstić information content (AvgIpc) is 2.53. The molecule has 0 unspecified atom stereocenters. The summed E-state index contributed by atoms with van der Waals surface area (Å²) in [6, 6.07) is 0. The van der Waals surface area contributed by atoms with Crippen molar-refractivity contribution in [1.29, 1.82) is 0 Å². The van der Waals surface area contributed by atoms with Crippen molar-refractivity contribution >= 4 is 22.4 Å². The smallest absolute Gasteiger partial charge is 0.239 e. The number of nitrogens with one attached hydrogen (secondary N) is 2. The van der Waals surface area contributed by atoms with Crippen molar-refractivity contribution < 1.29 is 4.79 Å². The second kappa shape index (κ2) is 4.66. The Balaban J connectivity index is 2.22. The molecule has 2 N–H and O–H groups in total. The summed E-state index contributed by atoms with van der Waals surface area (Å²) < 4.78 is 0. The van der Waals surface area contributed by atoms with Crippen molar-refractivity contribution in [2.24, 2.45) is 0 Å². The van der Waals surface area contributed by atoms with Gasteiger partial charge in [0.1, 0.15) is 5.51 Å². The lowest BCUT2D eigenvalue weighted by molar-refractivity contribution is -0.119. The molecule has 0 radical (unpaired) electrons. The van der Waals surface area contributed by atoms with Gasteiger partial charge in [0.25, 0.3) is 0 Å². The zero-order valence-electron chi connectivity index (χ0n) is 6.70. The number of aromatic nitrogens is 2. The van der Waals surface area contributed by atoms with E-state index in [0.29, 0.717) is 11.7 Å². The van der Waals surface area contributed by atoms with Crippen molar-refractivity contribution in [3.05, 3.63) is 5.51 Å². The van der Waals surface area contributed by atoms with Gasteiger partial charge in [-0.15, -0.1) is 10.2 Å². The van der Waals surface area contributed by atoms with Crippen LogP contribution in [-0.2, 0) is 4.79 Å². The number of hydrogen-bond acceptors (Lipinski definition) is 5. The van der Waals surface area contributed by atoms with Crippen molar-refractivity contribution in [2.45, 2.75) is 6.92 Å². The van der Waals surface area contributed by atoms with Crippen LogP contribution < -0.4 is 10.6 Å². The molecule has 0 saturated carbocycles. The SMILES string of the molecule is CCNC(=O)CNc1nncs1. The van der Waals surface area contributed by atoms with E-state index in [2.05, 4.69) is 20.8 Å². The Hall–Kier alpha value is -1.17. The Morgan fingerprint density at radius 3 is 3.17 bits per heavy atom. The molecule has 66 valence electrons. The first-order valence-electron chi connectivity index (χ1n) is 3.59. The third-order valence-corrected chi connectivity index (χ3v) is 1.78.